The summed E-state index contributed by atoms with van der Waals surface area (Å²) < 4.78 is 0. The van der Waals surface area contributed by atoms with Crippen molar-refractivity contribution in [1.82, 2.24) is 4.90 Å². The summed E-state index contributed by atoms with van der Waals surface area (Å²) in [6, 6.07) is 1.39. The lowest BCUT2D eigenvalue weighted by molar-refractivity contribution is -0.0129. The molecule has 4 bridgehead atoms. The predicted octanol–water partition coefficient (Wildman–Crippen LogP) is 0.994. The third-order valence-corrected chi connectivity index (χ3v) is 4.09. The van der Waals surface area contributed by atoms with Crippen LogP contribution in [0.1, 0.15) is 32.1 Å². The van der Waals surface area contributed by atoms with Gasteiger partial charge in [0.15, 0.2) is 0 Å². The van der Waals surface area contributed by atoms with Crippen molar-refractivity contribution in [3.8, 4) is 0 Å². The number of rotatable bonds is 0. The molecule has 0 aliphatic carbocycles. The van der Waals surface area contributed by atoms with E-state index in [4.69, 9.17) is 0 Å². The zero-order valence-corrected chi connectivity index (χ0v) is 7.45. The number of hydrogen-bond acceptors (Lipinski definition) is 2. The standard InChI is InChI=1S/C10H17NO/c12-9-4-3-8-6-7-2-1-5-11(8)10(7)9/h7-10,12H,1-6H2/t7-,8+,9-,10-/m0/s1. The molecule has 5 atom stereocenters. The summed E-state index contributed by atoms with van der Waals surface area (Å²) in [5.41, 5.74) is 0. The fraction of sp³-hybridized carbons (Fsp3) is 1.00. The average Bonchev–Trinajstić information content (AvgIpc) is 2.24. The molecule has 3 aliphatic heterocycles. The van der Waals surface area contributed by atoms with Crippen LogP contribution in [0.5, 0.6) is 0 Å². The minimum absolute atomic E-state index is 0.00551. The van der Waals surface area contributed by atoms with Crippen LogP contribution < -0.4 is 0 Å². The van der Waals surface area contributed by atoms with Gasteiger partial charge >= 0.3 is 0 Å². The molecule has 68 valence electrons. The SMILES string of the molecule is O[C@H]1CC[C@@H]2C[C@@H]3CCCN2[C@@H]31. The smallest absolute Gasteiger partial charge is 0.0698 e. The molecule has 0 aromatic carbocycles. The summed E-state index contributed by atoms with van der Waals surface area (Å²) in [4.78, 5) is 2.59. The van der Waals surface area contributed by atoms with Gasteiger partial charge in [-0.3, -0.25) is 4.90 Å². The molecule has 3 aliphatic rings. The van der Waals surface area contributed by atoms with Gasteiger partial charge < -0.3 is 5.11 Å². The molecule has 2 nitrogen and oxygen atoms in total. The normalized spacial score (nSPS) is 57.2. The van der Waals surface area contributed by atoms with Crippen LogP contribution in [-0.2, 0) is 0 Å². The van der Waals surface area contributed by atoms with E-state index in [0.717, 1.165) is 18.4 Å². The highest BCUT2D eigenvalue weighted by atomic mass is 16.3. The molecule has 0 spiro atoms. The molecule has 3 saturated heterocycles. The summed E-state index contributed by atoms with van der Waals surface area (Å²) in [5, 5.41) is 9.86. The van der Waals surface area contributed by atoms with Gasteiger partial charge in [0.25, 0.3) is 0 Å². The Labute approximate surface area is 73.6 Å². The van der Waals surface area contributed by atoms with Crippen molar-refractivity contribution in [2.75, 3.05) is 6.54 Å². The Morgan fingerprint density at radius 3 is 2.92 bits per heavy atom. The van der Waals surface area contributed by atoms with E-state index in [1.807, 2.05) is 0 Å². The van der Waals surface area contributed by atoms with Crippen molar-refractivity contribution >= 4 is 0 Å². The maximum absolute atomic E-state index is 9.86. The molecule has 0 aromatic heterocycles. The Morgan fingerprint density at radius 2 is 2.08 bits per heavy atom. The van der Waals surface area contributed by atoms with Crippen molar-refractivity contribution in [1.29, 1.82) is 0 Å². The largest absolute Gasteiger partial charge is 0.391 e. The summed E-state index contributed by atoms with van der Waals surface area (Å²) in [7, 11) is 0. The number of piperidine rings is 2. The van der Waals surface area contributed by atoms with Crippen LogP contribution in [0.25, 0.3) is 0 Å². The Balaban J connectivity index is 1.92. The van der Waals surface area contributed by atoms with Crippen LogP contribution in [0.2, 0.25) is 0 Å². The molecular weight excluding hydrogens is 150 g/mol. The van der Waals surface area contributed by atoms with E-state index in [1.165, 1.54) is 32.2 Å². The molecule has 0 saturated carbocycles. The van der Waals surface area contributed by atoms with Gasteiger partial charge in [-0.05, 0) is 44.6 Å². The third-order valence-electron chi connectivity index (χ3n) is 4.09. The zero-order chi connectivity index (χ0) is 8.13. The second-order valence-corrected chi connectivity index (χ2v) is 4.66. The molecule has 0 amide bonds. The monoisotopic (exact) mass is 167 g/mol. The average molecular weight is 167 g/mol. The highest BCUT2D eigenvalue weighted by molar-refractivity contribution is 5.03. The van der Waals surface area contributed by atoms with Gasteiger partial charge in [0.1, 0.15) is 0 Å². The Bertz CT molecular complexity index is 194. The van der Waals surface area contributed by atoms with Crippen molar-refractivity contribution in [3.63, 3.8) is 0 Å². The second-order valence-electron chi connectivity index (χ2n) is 4.66. The van der Waals surface area contributed by atoms with E-state index in [2.05, 4.69) is 4.90 Å². The molecule has 1 unspecified atom stereocenters. The van der Waals surface area contributed by atoms with Crippen LogP contribution in [0.15, 0.2) is 0 Å². The van der Waals surface area contributed by atoms with Crippen molar-refractivity contribution in [3.05, 3.63) is 0 Å². The summed E-state index contributed by atoms with van der Waals surface area (Å²) in [5.74, 6) is 0.834. The summed E-state index contributed by atoms with van der Waals surface area (Å²) in [6.45, 7) is 1.25. The third kappa shape index (κ3) is 0.826. The Hall–Kier alpha value is -0.0800. The van der Waals surface area contributed by atoms with Crippen LogP contribution in [0.3, 0.4) is 0 Å². The van der Waals surface area contributed by atoms with Crippen LogP contribution >= 0.6 is 0 Å². The molecule has 2 heteroatoms. The van der Waals surface area contributed by atoms with Crippen molar-refractivity contribution < 1.29 is 5.11 Å². The van der Waals surface area contributed by atoms with Gasteiger partial charge in [0, 0.05) is 12.1 Å². The fourth-order valence-corrected chi connectivity index (χ4v) is 3.65. The van der Waals surface area contributed by atoms with E-state index < -0.39 is 0 Å². The maximum atomic E-state index is 9.86. The molecule has 3 heterocycles. The van der Waals surface area contributed by atoms with Gasteiger partial charge in [-0.15, -0.1) is 0 Å². The predicted molar refractivity (Wildman–Crippen MR) is 46.9 cm³/mol. The lowest BCUT2D eigenvalue weighted by atomic mass is 9.88. The molecule has 12 heavy (non-hydrogen) atoms. The summed E-state index contributed by atoms with van der Waals surface area (Å²) >= 11 is 0. The van der Waals surface area contributed by atoms with Gasteiger partial charge in [-0.2, -0.15) is 0 Å². The molecule has 3 rings (SSSR count). The topological polar surface area (TPSA) is 23.5 Å². The highest BCUT2D eigenvalue weighted by Gasteiger charge is 2.49. The molecule has 0 radical (unpaired) electrons. The van der Waals surface area contributed by atoms with E-state index in [9.17, 15) is 5.11 Å². The minimum Gasteiger partial charge on any atom is -0.391 e. The first kappa shape index (κ1) is 7.34. The van der Waals surface area contributed by atoms with Crippen molar-refractivity contribution in [2.24, 2.45) is 5.92 Å². The first-order chi connectivity index (χ1) is 5.86. The molecule has 1 N–H and O–H groups in total. The molecular formula is C10H17NO. The molecule has 0 aromatic rings. The number of hydrogen-bond donors (Lipinski definition) is 1. The van der Waals surface area contributed by atoms with Gasteiger partial charge in [0.2, 0.25) is 0 Å². The van der Waals surface area contributed by atoms with Crippen LogP contribution in [0, 0.1) is 5.92 Å². The van der Waals surface area contributed by atoms with Crippen molar-refractivity contribution in [2.45, 2.75) is 50.3 Å². The second kappa shape index (κ2) is 2.46. The zero-order valence-electron chi connectivity index (χ0n) is 7.45. The number of aliphatic hydroxyl groups excluding tert-OH is 1. The van der Waals surface area contributed by atoms with Gasteiger partial charge in [0.05, 0.1) is 6.10 Å². The first-order valence-corrected chi connectivity index (χ1v) is 5.30. The van der Waals surface area contributed by atoms with E-state index in [-0.39, 0.29) is 6.10 Å². The fourth-order valence-electron chi connectivity index (χ4n) is 3.65. The van der Waals surface area contributed by atoms with Gasteiger partial charge in [-0.1, -0.05) is 0 Å². The lowest BCUT2D eigenvalue weighted by Crippen LogP contribution is -2.51. The lowest BCUT2D eigenvalue weighted by Gasteiger charge is -2.41. The Morgan fingerprint density at radius 1 is 1.17 bits per heavy atom. The van der Waals surface area contributed by atoms with E-state index in [1.54, 1.807) is 0 Å². The van der Waals surface area contributed by atoms with E-state index in [0.29, 0.717) is 6.04 Å². The number of nitrogens with zero attached hydrogens (tertiary/aromatic N) is 1. The molecule has 3 fully saturated rings. The minimum atomic E-state index is -0.00551. The summed E-state index contributed by atoms with van der Waals surface area (Å²) in [6.07, 6.45) is 6.41. The highest BCUT2D eigenvalue weighted by Crippen LogP contribution is 2.44. The van der Waals surface area contributed by atoms with Gasteiger partial charge in [-0.25, -0.2) is 0 Å². The Kier molecular flexibility index (Phi) is 1.50. The van der Waals surface area contributed by atoms with Crippen LogP contribution in [-0.4, -0.2) is 34.7 Å². The maximum Gasteiger partial charge on any atom is 0.0698 e. The number of aliphatic hydroxyl groups is 1. The quantitative estimate of drug-likeness (QED) is 0.581. The first-order valence-electron chi connectivity index (χ1n) is 5.30. The van der Waals surface area contributed by atoms with E-state index >= 15 is 0 Å². The van der Waals surface area contributed by atoms with Crippen LogP contribution in [0.4, 0.5) is 0 Å².